The fourth-order valence-electron chi connectivity index (χ4n) is 2.60. The first-order valence-electron chi connectivity index (χ1n) is 8.23. The molecule has 0 saturated heterocycles. The standard InChI is InChI=1S/C16H32N2O2/c1-5-12-18(6-2)13-8-11-16(4,15(19)20-7-3)17-14-9-10-14/h14,17H,5-13H2,1-4H3. The lowest BCUT2D eigenvalue weighted by molar-refractivity contribution is -0.151. The van der Waals surface area contributed by atoms with Crippen molar-refractivity contribution >= 4 is 5.97 Å². The van der Waals surface area contributed by atoms with Crippen LogP contribution >= 0.6 is 0 Å². The zero-order valence-corrected chi connectivity index (χ0v) is 13.7. The molecule has 0 amide bonds. The Balaban J connectivity index is 2.44. The highest BCUT2D eigenvalue weighted by Crippen LogP contribution is 2.25. The molecular weight excluding hydrogens is 252 g/mol. The van der Waals surface area contributed by atoms with E-state index in [0.717, 1.165) is 32.5 Å². The van der Waals surface area contributed by atoms with Gasteiger partial charge in [0, 0.05) is 6.04 Å². The van der Waals surface area contributed by atoms with Crippen molar-refractivity contribution in [3.8, 4) is 0 Å². The summed E-state index contributed by atoms with van der Waals surface area (Å²) >= 11 is 0. The molecule has 4 nitrogen and oxygen atoms in total. The third kappa shape index (κ3) is 5.80. The first kappa shape index (κ1) is 17.4. The number of hydrogen-bond acceptors (Lipinski definition) is 4. The number of hydrogen-bond donors (Lipinski definition) is 1. The fourth-order valence-corrected chi connectivity index (χ4v) is 2.60. The van der Waals surface area contributed by atoms with Gasteiger partial charge < -0.3 is 9.64 Å². The van der Waals surface area contributed by atoms with Crippen LogP contribution < -0.4 is 5.32 Å². The van der Waals surface area contributed by atoms with Crippen molar-refractivity contribution in [3.05, 3.63) is 0 Å². The van der Waals surface area contributed by atoms with Crippen molar-refractivity contribution in [1.29, 1.82) is 0 Å². The molecule has 4 heteroatoms. The van der Waals surface area contributed by atoms with Crippen molar-refractivity contribution in [2.75, 3.05) is 26.2 Å². The SMILES string of the molecule is CCCN(CC)CCCC(C)(NC1CC1)C(=O)OCC. The van der Waals surface area contributed by atoms with Crippen LogP contribution in [0.2, 0.25) is 0 Å². The van der Waals surface area contributed by atoms with Gasteiger partial charge >= 0.3 is 5.97 Å². The Morgan fingerprint density at radius 3 is 2.50 bits per heavy atom. The van der Waals surface area contributed by atoms with E-state index in [1.807, 2.05) is 13.8 Å². The van der Waals surface area contributed by atoms with E-state index in [9.17, 15) is 4.79 Å². The maximum Gasteiger partial charge on any atom is 0.326 e. The zero-order valence-electron chi connectivity index (χ0n) is 13.7. The molecule has 1 atom stereocenters. The normalized spacial score (nSPS) is 18.1. The minimum absolute atomic E-state index is 0.0922. The minimum Gasteiger partial charge on any atom is -0.465 e. The molecule has 1 N–H and O–H groups in total. The number of carbonyl (C=O) groups is 1. The second-order valence-corrected chi connectivity index (χ2v) is 6.01. The minimum atomic E-state index is -0.511. The highest BCUT2D eigenvalue weighted by Gasteiger charge is 2.39. The van der Waals surface area contributed by atoms with Gasteiger partial charge in [-0.1, -0.05) is 13.8 Å². The molecule has 0 radical (unpaired) electrons. The summed E-state index contributed by atoms with van der Waals surface area (Å²) in [4.78, 5) is 14.6. The molecule has 1 aliphatic carbocycles. The second-order valence-electron chi connectivity index (χ2n) is 6.01. The monoisotopic (exact) mass is 284 g/mol. The molecule has 0 aromatic rings. The van der Waals surface area contributed by atoms with Crippen LogP contribution in [0.1, 0.15) is 59.8 Å². The highest BCUT2D eigenvalue weighted by atomic mass is 16.5. The summed E-state index contributed by atoms with van der Waals surface area (Å²) in [6, 6.07) is 0.516. The van der Waals surface area contributed by atoms with Gasteiger partial charge in [0.1, 0.15) is 5.54 Å². The summed E-state index contributed by atoms with van der Waals surface area (Å²) < 4.78 is 5.25. The Morgan fingerprint density at radius 1 is 1.30 bits per heavy atom. The maximum absolute atomic E-state index is 12.2. The number of nitrogens with zero attached hydrogens (tertiary/aromatic N) is 1. The number of nitrogens with one attached hydrogen (secondary N) is 1. The Kier molecular flexibility index (Phi) is 7.52. The molecule has 0 aliphatic heterocycles. The van der Waals surface area contributed by atoms with Crippen molar-refractivity contribution in [2.45, 2.75) is 71.4 Å². The quantitative estimate of drug-likeness (QED) is 0.592. The molecule has 1 fully saturated rings. The Morgan fingerprint density at radius 2 is 2.00 bits per heavy atom. The largest absolute Gasteiger partial charge is 0.465 e. The average Bonchev–Trinajstić information content (AvgIpc) is 3.21. The van der Waals surface area contributed by atoms with Crippen LogP contribution in [0, 0.1) is 0 Å². The lowest BCUT2D eigenvalue weighted by Crippen LogP contribution is -2.51. The summed E-state index contributed by atoms with van der Waals surface area (Å²) in [5, 5.41) is 3.48. The van der Waals surface area contributed by atoms with Gasteiger partial charge in [0.25, 0.3) is 0 Å². The van der Waals surface area contributed by atoms with E-state index in [-0.39, 0.29) is 5.97 Å². The summed E-state index contributed by atoms with van der Waals surface area (Å²) in [6.07, 6.45) is 5.44. The molecule has 1 rings (SSSR count). The van der Waals surface area contributed by atoms with Gasteiger partial charge in [0.2, 0.25) is 0 Å². The Bertz CT molecular complexity index is 292. The lowest BCUT2D eigenvalue weighted by atomic mass is 9.95. The molecule has 0 bridgehead atoms. The molecule has 1 aliphatic rings. The summed E-state index contributed by atoms with van der Waals surface area (Å²) in [5.41, 5.74) is -0.511. The summed E-state index contributed by atoms with van der Waals surface area (Å²) in [7, 11) is 0. The van der Waals surface area contributed by atoms with Gasteiger partial charge in [-0.25, -0.2) is 0 Å². The summed E-state index contributed by atoms with van der Waals surface area (Å²) in [6.45, 7) is 12.0. The van der Waals surface area contributed by atoms with E-state index in [2.05, 4.69) is 24.1 Å². The number of rotatable bonds is 11. The molecule has 0 aromatic heterocycles. The molecule has 0 heterocycles. The maximum atomic E-state index is 12.2. The van der Waals surface area contributed by atoms with Gasteiger partial charge in [0.05, 0.1) is 6.61 Å². The number of ether oxygens (including phenoxy) is 1. The van der Waals surface area contributed by atoms with E-state index in [1.165, 1.54) is 19.3 Å². The molecule has 0 spiro atoms. The predicted molar refractivity (Wildman–Crippen MR) is 82.8 cm³/mol. The highest BCUT2D eigenvalue weighted by molar-refractivity contribution is 5.80. The van der Waals surface area contributed by atoms with E-state index in [0.29, 0.717) is 12.6 Å². The molecule has 1 unspecified atom stereocenters. The average molecular weight is 284 g/mol. The zero-order chi connectivity index (χ0) is 15.0. The topological polar surface area (TPSA) is 41.6 Å². The van der Waals surface area contributed by atoms with Crippen molar-refractivity contribution in [3.63, 3.8) is 0 Å². The van der Waals surface area contributed by atoms with Crippen LogP contribution in [0.5, 0.6) is 0 Å². The van der Waals surface area contributed by atoms with Gasteiger partial charge in [-0.15, -0.1) is 0 Å². The first-order valence-corrected chi connectivity index (χ1v) is 8.23. The Labute approximate surface area is 124 Å². The molecular formula is C16H32N2O2. The van der Waals surface area contributed by atoms with E-state index in [4.69, 9.17) is 4.74 Å². The van der Waals surface area contributed by atoms with Crippen molar-refractivity contribution < 1.29 is 9.53 Å². The van der Waals surface area contributed by atoms with Crippen molar-refractivity contribution in [2.24, 2.45) is 0 Å². The van der Waals surface area contributed by atoms with Crippen LogP contribution in [0.3, 0.4) is 0 Å². The van der Waals surface area contributed by atoms with Gasteiger partial charge in [0.15, 0.2) is 0 Å². The molecule has 0 aromatic carbocycles. The molecule has 20 heavy (non-hydrogen) atoms. The lowest BCUT2D eigenvalue weighted by Gasteiger charge is -2.30. The third-order valence-corrected chi connectivity index (χ3v) is 3.96. The van der Waals surface area contributed by atoms with Crippen LogP contribution in [-0.4, -0.2) is 48.7 Å². The number of carbonyl (C=O) groups excluding carboxylic acids is 1. The smallest absolute Gasteiger partial charge is 0.326 e. The van der Waals surface area contributed by atoms with Crippen LogP contribution in [0.25, 0.3) is 0 Å². The molecule has 1 saturated carbocycles. The van der Waals surface area contributed by atoms with Crippen molar-refractivity contribution in [1.82, 2.24) is 10.2 Å². The summed E-state index contributed by atoms with van der Waals surface area (Å²) in [5.74, 6) is -0.0922. The third-order valence-electron chi connectivity index (χ3n) is 3.96. The van der Waals surface area contributed by atoms with Gasteiger partial charge in [-0.05, 0) is 65.6 Å². The van der Waals surface area contributed by atoms with Gasteiger partial charge in [-0.2, -0.15) is 0 Å². The van der Waals surface area contributed by atoms with Gasteiger partial charge in [-0.3, -0.25) is 10.1 Å². The number of esters is 1. The fraction of sp³-hybridized carbons (Fsp3) is 0.938. The van der Waals surface area contributed by atoms with Crippen LogP contribution in [0.15, 0.2) is 0 Å². The first-order chi connectivity index (χ1) is 9.55. The second kappa shape index (κ2) is 8.63. The molecule has 118 valence electrons. The predicted octanol–water partition coefficient (Wildman–Crippen LogP) is 2.57. The van der Waals surface area contributed by atoms with Crippen LogP contribution in [0.4, 0.5) is 0 Å². The van der Waals surface area contributed by atoms with E-state index < -0.39 is 5.54 Å². The Hall–Kier alpha value is -0.610. The van der Waals surface area contributed by atoms with E-state index >= 15 is 0 Å². The van der Waals surface area contributed by atoms with E-state index in [1.54, 1.807) is 0 Å². The van der Waals surface area contributed by atoms with Crippen LogP contribution in [-0.2, 0) is 9.53 Å².